The summed E-state index contributed by atoms with van der Waals surface area (Å²) in [5.41, 5.74) is 11.3. The minimum absolute atomic E-state index is 0.113. The second kappa shape index (κ2) is 9.92. The van der Waals surface area contributed by atoms with E-state index in [4.69, 9.17) is 0 Å². The van der Waals surface area contributed by atoms with Crippen LogP contribution in [0.2, 0.25) is 0 Å². The molecule has 0 saturated carbocycles. The van der Waals surface area contributed by atoms with Crippen LogP contribution in [0.3, 0.4) is 0 Å². The molecule has 0 aliphatic heterocycles. The van der Waals surface area contributed by atoms with Crippen LogP contribution in [-0.2, 0) is 5.41 Å². The highest BCUT2D eigenvalue weighted by Crippen LogP contribution is 2.53. The molecule has 8 aromatic rings. The minimum atomic E-state index is -0.113. The zero-order valence-corrected chi connectivity index (χ0v) is 26.1. The molecule has 0 bridgehead atoms. The molecule has 1 aliphatic rings. The lowest BCUT2D eigenvalue weighted by atomic mass is 9.82. The standard InChI is InChI=1S/C43H31NS/c1-43(2)39-25-32(23-24-35(39)37-27-42-38(26-40(37)43)36-16-8-9-18-41(36)45-42)44(30-13-4-3-5-14-30)31-21-19-29(20-22-31)34-17-10-12-28-11-6-7-15-33(28)34/h3-27H,1-2H3. The van der Waals surface area contributed by atoms with Gasteiger partial charge in [0.2, 0.25) is 0 Å². The number of para-hydroxylation sites is 1. The van der Waals surface area contributed by atoms with Crippen LogP contribution < -0.4 is 4.90 Å². The predicted octanol–water partition coefficient (Wildman–Crippen LogP) is 12.7. The maximum Gasteiger partial charge on any atom is 0.0465 e. The van der Waals surface area contributed by atoms with Gasteiger partial charge in [-0.25, -0.2) is 0 Å². The zero-order chi connectivity index (χ0) is 30.1. The van der Waals surface area contributed by atoms with Gasteiger partial charge in [0.15, 0.2) is 0 Å². The second-order valence-corrected chi connectivity index (χ2v) is 13.7. The summed E-state index contributed by atoms with van der Waals surface area (Å²) in [4.78, 5) is 2.39. The molecule has 7 aromatic carbocycles. The van der Waals surface area contributed by atoms with E-state index in [1.54, 1.807) is 0 Å². The van der Waals surface area contributed by atoms with Crippen molar-refractivity contribution in [1.82, 2.24) is 0 Å². The fraction of sp³-hybridized carbons (Fsp3) is 0.0698. The van der Waals surface area contributed by atoms with Crippen molar-refractivity contribution in [3.05, 3.63) is 163 Å². The summed E-state index contributed by atoms with van der Waals surface area (Å²) in [7, 11) is 0. The average molecular weight is 594 g/mol. The Kier molecular flexibility index (Phi) is 5.78. The van der Waals surface area contributed by atoms with Crippen molar-refractivity contribution in [1.29, 1.82) is 0 Å². The summed E-state index contributed by atoms with van der Waals surface area (Å²) in [6, 6.07) is 55.7. The van der Waals surface area contributed by atoms with Crippen LogP contribution in [0.4, 0.5) is 17.1 Å². The van der Waals surface area contributed by atoms with Crippen molar-refractivity contribution in [2.75, 3.05) is 4.90 Å². The molecule has 1 aromatic heterocycles. The lowest BCUT2D eigenvalue weighted by molar-refractivity contribution is 0.661. The summed E-state index contributed by atoms with van der Waals surface area (Å²) in [6.07, 6.45) is 0. The first-order chi connectivity index (χ1) is 22.1. The van der Waals surface area contributed by atoms with Crippen LogP contribution in [0.5, 0.6) is 0 Å². The number of hydrogen-bond donors (Lipinski definition) is 0. The molecule has 2 heteroatoms. The van der Waals surface area contributed by atoms with Gasteiger partial charge in [-0.1, -0.05) is 111 Å². The zero-order valence-electron chi connectivity index (χ0n) is 25.3. The second-order valence-electron chi connectivity index (χ2n) is 12.6. The topological polar surface area (TPSA) is 3.24 Å². The normalized spacial score (nSPS) is 13.3. The Bertz CT molecular complexity index is 2390. The van der Waals surface area contributed by atoms with E-state index in [0.29, 0.717) is 0 Å². The van der Waals surface area contributed by atoms with E-state index in [-0.39, 0.29) is 5.41 Å². The van der Waals surface area contributed by atoms with Crippen molar-refractivity contribution in [3.63, 3.8) is 0 Å². The number of nitrogens with zero attached hydrogens (tertiary/aromatic N) is 1. The summed E-state index contributed by atoms with van der Waals surface area (Å²) >= 11 is 1.90. The van der Waals surface area contributed by atoms with Gasteiger partial charge in [0.1, 0.15) is 0 Å². The van der Waals surface area contributed by atoms with E-state index in [0.717, 1.165) is 11.4 Å². The number of fused-ring (bicyclic) bond motifs is 7. The average Bonchev–Trinajstić information content (AvgIpc) is 3.56. The molecule has 0 spiro atoms. The Morgan fingerprint density at radius 1 is 0.444 bits per heavy atom. The fourth-order valence-electron chi connectivity index (χ4n) is 7.37. The first-order valence-corrected chi connectivity index (χ1v) is 16.4. The molecule has 1 heterocycles. The smallest absolute Gasteiger partial charge is 0.0465 e. The van der Waals surface area contributed by atoms with Crippen LogP contribution >= 0.6 is 11.3 Å². The van der Waals surface area contributed by atoms with Gasteiger partial charge in [-0.15, -0.1) is 11.3 Å². The minimum Gasteiger partial charge on any atom is -0.310 e. The van der Waals surface area contributed by atoms with Gasteiger partial charge < -0.3 is 4.90 Å². The molecule has 1 aliphatic carbocycles. The van der Waals surface area contributed by atoms with Gasteiger partial charge >= 0.3 is 0 Å². The third-order valence-electron chi connectivity index (χ3n) is 9.66. The summed E-state index contributed by atoms with van der Waals surface area (Å²) < 4.78 is 2.72. The highest BCUT2D eigenvalue weighted by molar-refractivity contribution is 7.25. The van der Waals surface area contributed by atoms with Crippen molar-refractivity contribution in [3.8, 4) is 22.3 Å². The van der Waals surface area contributed by atoms with Gasteiger partial charge in [0.25, 0.3) is 0 Å². The third kappa shape index (κ3) is 4.06. The van der Waals surface area contributed by atoms with E-state index in [9.17, 15) is 0 Å². The summed E-state index contributed by atoms with van der Waals surface area (Å²) in [6.45, 7) is 4.77. The highest BCUT2D eigenvalue weighted by atomic mass is 32.1. The first-order valence-electron chi connectivity index (χ1n) is 15.6. The van der Waals surface area contributed by atoms with Gasteiger partial charge in [0.05, 0.1) is 0 Å². The summed E-state index contributed by atoms with van der Waals surface area (Å²) in [5.74, 6) is 0. The molecule has 45 heavy (non-hydrogen) atoms. The lowest BCUT2D eigenvalue weighted by Crippen LogP contribution is -2.16. The molecule has 0 amide bonds. The van der Waals surface area contributed by atoms with Crippen molar-refractivity contribution < 1.29 is 0 Å². The van der Waals surface area contributed by atoms with Crippen LogP contribution in [-0.4, -0.2) is 0 Å². The highest BCUT2D eigenvalue weighted by Gasteiger charge is 2.36. The van der Waals surface area contributed by atoms with Crippen LogP contribution in [0.25, 0.3) is 53.2 Å². The van der Waals surface area contributed by atoms with Crippen LogP contribution in [0, 0.1) is 0 Å². The number of anilines is 3. The van der Waals surface area contributed by atoms with Crippen LogP contribution in [0.1, 0.15) is 25.0 Å². The molecular weight excluding hydrogens is 563 g/mol. The Hall–Kier alpha value is -5.18. The van der Waals surface area contributed by atoms with Gasteiger partial charge in [-0.3, -0.25) is 0 Å². The third-order valence-corrected chi connectivity index (χ3v) is 10.8. The predicted molar refractivity (Wildman–Crippen MR) is 195 cm³/mol. The number of benzene rings is 7. The van der Waals surface area contributed by atoms with Crippen LogP contribution in [0.15, 0.2) is 152 Å². The van der Waals surface area contributed by atoms with E-state index in [1.807, 2.05) is 11.3 Å². The quantitative estimate of drug-likeness (QED) is 0.196. The molecule has 0 saturated heterocycles. The fourth-order valence-corrected chi connectivity index (χ4v) is 8.50. The monoisotopic (exact) mass is 593 g/mol. The molecule has 1 nitrogen and oxygen atoms in total. The summed E-state index contributed by atoms with van der Waals surface area (Å²) in [5, 5.41) is 5.27. The largest absolute Gasteiger partial charge is 0.310 e. The lowest BCUT2D eigenvalue weighted by Gasteiger charge is -2.28. The Morgan fingerprint density at radius 2 is 1.11 bits per heavy atom. The molecule has 0 radical (unpaired) electrons. The SMILES string of the molecule is CC1(C)c2cc(N(c3ccccc3)c3ccc(-c4cccc5ccccc45)cc3)ccc2-c2cc3sc4ccccc4c3cc21. The molecule has 0 atom stereocenters. The van der Waals surface area contributed by atoms with Crippen molar-refractivity contribution in [2.45, 2.75) is 19.3 Å². The van der Waals surface area contributed by atoms with Gasteiger partial charge in [0, 0.05) is 42.6 Å². The van der Waals surface area contributed by atoms with E-state index in [2.05, 4.69) is 170 Å². The van der Waals surface area contributed by atoms with Gasteiger partial charge in [-0.05, 0) is 98.8 Å². The van der Waals surface area contributed by atoms with Gasteiger partial charge in [-0.2, -0.15) is 0 Å². The van der Waals surface area contributed by atoms with E-state index >= 15 is 0 Å². The Balaban J connectivity index is 1.16. The van der Waals surface area contributed by atoms with E-state index in [1.165, 1.54) is 70.0 Å². The Labute approximate surface area is 267 Å². The number of thiophene rings is 1. The molecule has 9 rings (SSSR count). The van der Waals surface area contributed by atoms with E-state index < -0.39 is 0 Å². The number of hydrogen-bond acceptors (Lipinski definition) is 2. The molecule has 214 valence electrons. The first kappa shape index (κ1) is 26.2. The number of rotatable bonds is 4. The molecule has 0 unspecified atom stereocenters. The molecule has 0 fully saturated rings. The Morgan fingerprint density at radius 3 is 1.96 bits per heavy atom. The maximum atomic E-state index is 2.46. The maximum absolute atomic E-state index is 2.46. The molecular formula is C43H31NS. The van der Waals surface area contributed by atoms with Crippen molar-refractivity contribution in [2.24, 2.45) is 0 Å². The molecule has 0 N–H and O–H groups in total. The van der Waals surface area contributed by atoms with Crippen molar-refractivity contribution >= 4 is 59.3 Å².